The molecule has 0 fully saturated rings. The minimum atomic E-state index is -4.91. The Kier molecular flexibility index (Phi) is 6.49. The maximum absolute atomic E-state index is 14.2. The SMILES string of the molecule is O=C1Cc2c(cccc2-c2cc(NC(=O)c3cc(F)cc(C(F)(F)F)c3)c3c(c2)C(=O)NC3c2cc(F)ccc2Cl)N1. The second kappa shape index (κ2) is 9.95. The predicted octanol–water partition coefficient (Wildman–Crippen LogP) is 6.88. The molecule has 0 aromatic heterocycles. The maximum atomic E-state index is 14.2. The molecule has 42 heavy (non-hydrogen) atoms. The number of amides is 3. The van der Waals surface area contributed by atoms with Gasteiger partial charge in [-0.25, -0.2) is 8.78 Å². The molecule has 6 rings (SSSR count). The van der Waals surface area contributed by atoms with Crippen LogP contribution in [0.15, 0.2) is 66.7 Å². The second-order valence-electron chi connectivity index (χ2n) is 9.79. The van der Waals surface area contributed by atoms with Crippen LogP contribution in [0.5, 0.6) is 0 Å². The van der Waals surface area contributed by atoms with Crippen LogP contribution in [0.2, 0.25) is 5.02 Å². The third-order valence-corrected chi connectivity index (χ3v) is 7.44. The Labute approximate surface area is 239 Å². The number of halogens is 6. The van der Waals surface area contributed by atoms with E-state index in [0.29, 0.717) is 34.5 Å². The average Bonchev–Trinajstić information content (AvgIpc) is 3.48. The monoisotopic (exact) mass is 597 g/mol. The van der Waals surface area contributed by atoms with Gasteiger partial charge in [0.25, 0.3) is 11.8 Å². The van der Waals surface area contributed by atoms with Gasteiger partial charge in [-0.05, 0) is 71.3 Å². The molecule has 0 saturated carbocycles. The lowest BCUT2D eigenvalue weighted by atomic mass is 9.90. The van der Waals surface area contributed by atoms with Gasteiger partial charge in [-0.15, -0.1) is 0 Å². The molecule has 2 heterocycles. The summed E-state index contributed by atoms with van der Waals surface area (Å²) in [7, 11) is 0. The van der Waals surface area contributed by atoms with E-state index in [2.05, 4.69) is 16.0 Å². The highest BCUT2D eigenvalue weighted by atomic mass is 35.5. The first kappa shape index (κ1) is 27.4. The van der Waals surface area contributed by atoms with Crippen LogP contribution in [0.25, 0.3) is 11.1 Å². The first-order valence-corrected chi connectivity index (χ1v) is 12.8. The van der Waals surface area contributed by atoms with Crippen molar-refractivity contribution in [3.05, 3.63) is 117 Å². The van der Waals surface area contributed by atoms with Crippen molar-refractivity contribution >= 4 is 40.7 Å². The number of rotatable bonds is 4. The van der Waals surface area contributed by atoms with Crippen molar-refractivity contribution in [2.45, 2.75) is 18.6 Å². The van der Waals surface area contributed by atoms with Crippen LogP contribution >= 0.6 is 11.6 Å². The number of hydrogen-bond acceptors (Lipinski definition) is 3. The Morgan fingerprint density at radius 2 is 1.71 bits per heavy atom. The molecule has 1 atom stereocenters. The van der Waals surface area contributed by atoms with Gasteiger partial charge in [0.1, 0.15) is 11.6 Å². The van der Waals surface area contributed by atoms with Crippen LogP contribution in [-0.4, -0.2) is 17.7 Å². The fourth-order valence-corrected chi connectivity index (χ4v) is 5.49. The fourth-order valence-electron chi connectivity index (χ4n) is 5.26. The normalized spacial score (nSPS) is 15.6. The summed E-state index contributed by atoms with van der Waals surface area (Å²) in [6.45, 7) is 0. The zero-order valence-electron chi connectivity index (χ0n) is 21.1. The van der Waals surface area contributed by atoms with Gasteiger partial charge in [0.15, 0.2) is 0 Å². The molecule has 3 N–H and O–H groups in total. The second-order valence-corrected chi connectivity index (χ2v) is 10.2. The molecule has 2 aliphatic rings. The topological polar surface area (TPSA) is 87.3 Å². The van der Waals surface area contributed by atoms with Crippen molar-refractivity contribution in [1.82, 2.24) is 5.32 Å². The van der Waals surface area contributed by atoms with Gasteiger partial charge in [-0.1, -0.05) is 23.7 Å². The molecule has 0 saturated heterocycles. The number of anilines is 2. The molecule has 212 valence electrons. The Morgan fingerprint density at radius 1 is 0.929 bits per heavy atom. The first-order chi connectivity index (χ1) is 19.9. The lowest BCUT2D eigenvalue weighted by Crippen LogP contribution is -2.21. The number of hydrogen-bond donors (Lipinski definition) is 3. The molecule has 0 bridgehead atoms. The maximum Gasteiger partial charge on any atom is 0.416 e. The predicted molar refractivity (Wildman–Crippen MR) is 144 cm³/mol. The van der Waals surface area contributed by atoms with Crippen LogP contribution in [-0.2, 0) is 17.4 Å². The summed E-state index contributed by atoms with van der Waals surface area (Å²) in [6, 6.07) is 12.1. The third kappa shape index (κ3) is 4.85. The summed E-state index contributed by atoms with van der Waals surface area (Å²) in [5.41, 5.74) is 0.635. The number of carbonyl (C=O) groups excluding carboxylic acids is 3. The van der Waals surface area contributed by atoms with Gasteiger partial charge in [-0.3, -0.25) is 14.4 Å². The first-order valence-electron chi connectivity index (χ1n) is 12.4. The van der Waals surface area contributed by atoms with Crippen LogP contribution < -0.4 is 16.0 Å². The highest BCUT2D eigenvalue weighted by Gasteiger charge is 2.36. The molecule has 12 heteroatoms. The van der Waals surface area contributed by atoms with Crippen LogP contribution in [0.4, 0.5) is 33.3 Å². The van der Waals surface area contributed by atoms with E-state index < -0.39 is 46.8 Å². The third-order valence-electron chi connectivity index (χ3n) is 7.09. The number of nitrogens with one attached hydrogen (secondary N) is 3. The van der Waals surface area contributed by atoms with Crippen molar-refractivity contribution in [3.8, 4) is 11.1 Å². The molecule has 0 radical (unpaired) electrons. The lowest BCUT2D eigenvalue weighted by Gasteiger charge is -2.19. The summed E-state index contributed by atoms with van der Waals surface area (Å²) < 4.78 is 68.3. The van der Waals surface area contributed by atoms with E-state index in [0.717, 1.165) is 12.1 Å². The minimum absolute atomic E-state index is 0.0103. The summed E-state index contributed by atoms with van der Waals surface area (Å²) in [6.07, 6.45) is -4.85. The van der Waals surface area contributed by atoms with E-state index in [9.17, 15) is 36.3 Å². The highest BCUT2D eigenvalue weighted by Crippen LogP contribution is 2.43. The van der Waals surface area contributed by atoms with Crippen molar-refractivity contribution in [2.24, 2.45) is 0 Å². The number of alkyl halides is 3. The van der Waals surface area contributed by atoms with Gasteiger partial charge < -0.3 is 16.0 Å². The molecule has 3 amide bonds. The Hall–Kier alpha value is -4.77. The molecular formula is C30H17ClF5N3O3. The zero-order valence-corrected chi connectivity index (χ0v) is 21.9. The Balaban J connectivity index is 1.52. The zero-order chi connectivity index (χ0) is 29.9. The fraction of sp³-hybridized carbons (Fsp3) is 0.100. The van der Waals surface area contributed by atoms with E-state index in [-0.39, 0.29) is 45.8 Å². The smallest absolute Gasteiger partial charge is 0.341 e. The highest BCUT2D eigenvalue weighted by molar-refractivity contribution is 6.31. The molecule has 1 unspecified atom stereocenters. The standard InChI is InChI=1S/C30H17ClF5N3O3/c31-22-5-4-16(32)11-20(22)27-26-21(29(42)39-27)8-13(18-2-1-3-23-19(18)12-25(40)37-23)9-24(26)38-28(41)14-6-15(30(34,35)36)10-17(33)7-14/h1-11,27H,12H2,(H,37,40)(H,38,41)(H,39,42). The van der Waals surface area contributed by atoms with E-state index in [1.54, 1.807) is 18.2 Å². The quantitative estimate of drug-likeness (QED) is 0.224. The van der Waals surface area contributed by atoms with Gasteiger partial charge in [0.2, 0.25) is 5.91 Å². The Bertz CT molecular complexity index is 1840. The van der Waals surface area contributed by atoms with E-state index in [1.165, 1.54) is 18.2 Å². The summed E-state index contributed by atoms with van der Waals surface area (Å²) in [5, 5.41) is 8.08. The summed E-state index contributed by atoms with van der Waals surface area (Å²) in [4.78, 5) is 38.6. The molecular weight excluding hydrogens is 581 g/mol. The molecule has 4 aromatic carbocycles. The van der Waals surface area contributed by atoms with E-state index in [1.807, 2.05) is 0 Å². The average molecular weight is 598 g/mol. The van der Waals surface area contributed by atoms with Gasteiger partial charge >= 0.3 is 6.18 Å². The largest absolute Gasteiger partial charge is 0.416 e. The lowest BCUT2D eigenvalue weighted by molar-refractivity contribution is -0.137. The van der Waals surface area contributed by atoms with Gasteiger partial charge in [-0.2, -0.15) is 13.2 Å². The van der Waals surface area contributed by atoms with Crippen LogP contribution in [0.3, 0.4) is 0 Å². The van der Waals surface area contributed by atoms with E-state index in [4.69, 9.17) is 11.6 Å². The molecule has 4 aromatic rings. The number of benzene rings is 4. The molecule has 0 aliphatic carbocycles. The van der Waals surface area contributed by atoms with Crippen molar-refractivity contribution in [3.63, 3.8) is 0 Å². The summed E-state index contributed by atoms with van der Waals surface area (Å²) >= 11 is 6.33. The molecule has 2 aliphatic heterocycles. The molecule has 0 spiro atoms. The minimum Gasteiger partial charge on any atom is -0.341 e. The number of carbonyl (C=O) groups is 3. The van der Waals surface area contributed by atoms with Crippen molar-refractivity contribution < 1.29 is 36.3 Å². The Morgan fingerprint density at radius 3 is 2.48 bits per heavy atom. The number of fused-ring (bicyclic) bond motifs is 2. The van der Waals surface area contributed by atoms with Crippen LogP contribution in [0, 0.1) is 11.6 Å². The molecule has 6 nitrogen and oxygen atoms in total. The van der Waals surface area contributed by atoms with Crippen molar-refractivity contribution in [2.75, 3.05) is 10.6 Å². The van der Waals surface area contributed by atoms with Gasteiger partial charge in [0.05, 0.1) is 18.0 Å². The van der Waals surface area contributed by atoms with Crippen molar-refractivity contribution in [1.29, 1.82) is 0 Å². The summed E-state index contributed by atoms with van der Waals surface area (Å²) in [5.74, 6) is -3.82. The van der Waals surface area contributed by atoms with E-state index >= 15 is 0 Å². The van der Waals surface area contributed by atoms with Crippen LogP contribution in [0.1, 0.15) is 49.0 Å². The van der Waals surface area contributed by atoms with Gasteiger partial charge in [0, 0.05) is 38.7 Å².